The lowest BCUT2D eigenvalue weighted by molar-refractivity contribution is -0.134. The lowest BCUT2D eigenvalue weighted by atomic mass is 10.1. The molecule has 0 aromatic heterocycles. The highest BCUT2D eigenvalue weighted by atomic mass is 32.2. The first-order valence-electron chi connectivity index (χ1n) is 11.4. The minimum atomic E-state index is -0.594. The highest BCUT2D eigenvalue weighted by Crippen LogP contribution is 2.22. The van der Waals surface area contributed by atoms with Crippen LogP contribution in [0.3, 0.4) is 0 Å². The minimum absolute atomic E-state index is 0.00216. The molecule has 3 amide bonds. The van der Waals surface area contributed by atoms with Gasteiger partial charge in [0, 0.05) is 51.4 Å². The Bertz CT molecular complexity index is 751. The molecule has 32 heavy (non-hydrogen) atoms. The number of carbonyl (C=O) groups is 3. The van der Waals surface area contributed by atoms with Crippen molar-refractivity contribution in [3.63, 3.8) is 0 Å². The fourth-order valence-electron chi connectivity index (χ4n) is 3.64. The van der Waals surface area contributed by atoms with E-state index in [9.17, 15) is 14.4 Å². The summed E-state index contributed by atoms with van der Waals surface area (Å²) in [5.74, 6) is 0.188. The quantitative estimate of drug-likeness (QED) is 0.611. The van der Waals surface area contributed by atoms with Gasteiger partial charge < -0.3 is 20.0 Å². The van der Waals surface area contributed by atoms with E-state index >= 15 is 0 Å². The molecule has 1 unspecified atom stereocenters. The number of likely N-dealkylation sites (N-methyl/N-ethyl adjacent to an activating group) is 1. The predicted molar refractivity (Wildman–Crippen MR) is 131 cm³/mol. The fraction of sp³-hybridized carbons (Fsp3) is 0.625. The number of benzene rings is 1. The number of rotatable bonds is 9. The Morgan fingerprint density at radius 1 is 1.06 bits per heavy atom. The SMILES string of the molecule is CC(=O)SC(CN(CCc1ccccc1)C(=O)N[C@@H](C)C(=O)N1CCN(C)CC1)C(C)C. The molecule has 0 spiro atoms. The maximum absolute atomic E-state index is 13.2. The van der Waals surface area contributed by atoms with E-state index in [2.05, 4.69) is 24.1 Å². The summed E-state index contributed by atoms with van der Waals surface area (Å²) in [6.07, 6.45) is 0.713. The second-order valence-corrected chi connectivity index (χ2v) is 10.3. The smallest absolute Gasteiger partial charge is 0.318 e. The molecule has 8 heteroatoms. The van der Waals surface area contributed by atoms with Crippen molar-refractivity contribution in [1.29, 1.82) is 0 Å². The monoisotopic (exact) mass is 462 g/mol. The van der Waals surface area contributed by atoms with Crippen LogP contribution in [0.5, 0.6) is 0 Å². The lowest BCUT2D eigenvalue weighted by Crippen LogP contribution is -2.55. The van der Waals surface area contributed by atoms with Gasteiger partial charge >= 0.3 is 6.03 Å². The van der Waals surface area contributed by atoms with Crippen LogP contribution < -0.4 is 5.32 Å². The van der Waals surface area contributed by atoms with Crippen molar-refractivity contribution >= 4 is 28.8 Å². The first kappa shape index (κ1) is 26.2. The van der Waals surface area contributed by atoms with Crippen molar-refractivity contribution in [2.75, 3.05) is 46.3 Å². The van der Waals surface area contributed by atoms with Crippen molar-refractivity contribution in [3.8, 4) is 0 Å². The number of carbonyl (C=O) groups excluding carboxylic acids is 3. The maximum atomic E-state index is 13.2. The molecular formula is C24H38N4O3S. The number of amides is 3. The topological polar surface area (TPSA) is 73.0 Å². The third-order valence-electron chi connectivity index (χ3n) is 5.79. The summed E-state index contributed by atoms with van der Waals surface area (Å²) in [6.45, 7) is 11.4. The van der Waals surface area contributed by atoms with Crippen LogP contribution in [0.25, 0.3) is 0 Å². The van der Waals surface area contributed by atoms with E-state index in [0.717, 1.165) is 18.7 Å². The predicted octanol–water partition coefficient (Wildman–Crippen LogP) is 2.71. The van der Waals surface area contributed by atoms with E-state index in [1.54, 1.807) is 18.7 Å². The standard InChI is InChI=1S/C24H38N4O3S/c1-18(2)22(32-20(4)29)17-28(12-11-21-9-7-6-8-10-21)24(31)25-19(3)23(30)27-15-13-26(5)14-16-27/h6-10,18-19,22H,11-17H2,1-5H3,(H,25,31)/t19-,22?/m0/s1. The summed E-state index contributed by atoms with van der Waals surface area (Å²) in [7, 11) is 2.04. The van der Waals surface area contributed by atoms with Gasteiger partial charge in [0.25, 0.3) is 0 Å². The average Bonchev–Trinajstić information content (AvgIpc) is 2.76. The van der Waals surface area contributed by atoms with Gasteiger partial charge in [0.2, 0.25) is 5.91 Å². The molecule has 0 aliphatic carbocycles. The van der Waals surface area contributed by atoms with Crippen molar-refractivity contribution in [2.45, 2.75) is 45.4 Å². The van der Waals surface area contributed by atoms with E-state index in [0.29, 0.717) is 32.6 Å². The van der Waals surface area contributed by atoms with Gasteiger partial charge in [-0.15, -0.1) is 0 Å². The van der Waals surface area contributed by atoms with Crippen molar-refractivity contribution < 1.29 is 14.4 Å². The second-order valence-electron chi connectivity index (χ2n) is 8.87. The van der Waals surface area contributed by atoms with Gasteiger partial charge in [-0.25, -0.2) is 4.79 Å². The molecule has 1 aliphatic heterocycles. The molecule has 0 saturated carbocycles. The molecule has 0 bridgehead atoms. The third kappa shape index (κ3) is 8.47. The zero-order valence-corrected chi connectivity index (χ0v) is 20.9. The molecule has 7 nitrogen and oxygen atoms in total. The molecule has 1 heterocycles. The normalized spacial score (nSPS) is 16.5. The number of nitrogens with one attached hydrogen (secondary N) is 1. The summed E-state index contributed by atoms with van der Waals surface area (Å²) >= 11 is 1.28. The largest absolute Gasteiger partial charge is 0.338 e. The lowest BCUT2D eigenvalue weighted by Gasteiger charge is -2.35. The van der Waals surface area contributed by atoms with Gasteiger partial charge in [0.1, 0.15) is 6.04 Å². The Morgan fingerprint density at radius 3 is 2.25 bits per heavy atom. The van der Waals surface area contributed by atoms with Crippen LogP contribution in [-0.4, -0.2) is 89.4 Å². The number of nitrogens with zero attached hydrogens (tertiary/aromatic N) is 3. The molecule has 178 valence electrons. The summed E-state index contributed by atoms with van der Waals surface area (Å²) in [5, 5.41) is 2.95. The van der Waals surface area contributed by atoms with E-state index in [4.69, 9.17) is 0 Å². The number of hydrogen-bond acceptors (Lipinski definition) is 5. The Morgan fingerprint density at radius 2 is 1.69 bits per heavy atom. The number of thioether (sulfide) groups is 1. The van der Waals surface area contributed by atoms with Crippen molar-refractivity contribution in [3.05, 3.63) is 35.9 Å². The van der Waals surface area contributed by atoms with E-state index < -0.39 is 6.04 Å². The van der Waals surface area contributed by atoms with Crippen molar-refractivity contribution in [2.24, 2.45) is 5.92 Å². The van der Waals surface area contributed by atoms with Crippen LogP contribution in [-0.2, 0) is 16.0 Å². The van der Waals surface area contributed by atoms with Gasteiger partial charge in [-0.1, -0.05) is 55.9 Å². The van der Waals surface area contributed by atoms with E-state index in [-0.39, 0.29) is 28.2 Å². The van der Waals surface area contributed by atoms with Crippen LogP contribution in [0, 0.1) is 5.92 Å². The van der Waals surface area contributed by atoms with E-state index in [1.807, 2.05) is 42.3 Å². The van der Waals surface area contributed by atoms with Crippen LogP contribution in [0.4, 0.5) is 4.79 Å². The number of urea groups is 1. The minimum Gasteiger partial charge on any atom is -0.338 e. The third-order valence-corrected chi connectivity index (χ3v) is 7.12. The molecule has 1 N–H and O–H groups in total. The summed E-state index contributed by atoms with van der Waals surface area (Å²) in [6, 6.07) is 9.17. The highest BCUT2D eigenvalue weighted by molar-refractivity contribution is 8.14. The average molecular weight is 463 g/mol. The molecule has 1 saturated heterocycles. The second kappa shape index (κ2) is 12.8. The first-order chi connectivity index (χ1) is 15.2. The van der Waals surface area contributed by atoms with Crippen LogP contribution in [0.2, 0.25) is 0 Å². The fourth-order valence-corrected chi connectivity index (χ4v) is 4.59. The van der Waals surface area contributed by atoms with Gasteiger partial charge in [-0.05, 0) is 31.9 Å². The van der Waals surface area contributed by atoms with Gasteiger partial charge in [-0.2, -0.15) is 0 Å². The molecule has 2 atom stereocenters. The summed E-state index contributed by atoms with van der Waals surface area (Å²) in [4.78, 5) is 43.6. The van der Waals surface area contributed by atoms with Gasteiger partial charge in [-0.3, -0.25) is 9.59 Å². The number of piperazine rings is 1. The molecule has 0 radical (unpaired) electrons. The molecule has 1 aliphatic rings. The summed E-state index contributed by atoms with van der Waals surface area (Å²) in [5.41, 5.74) is 1.15. The Labute approximate surface area is 196 Å². The van der Waals surface area contributed by atoms with Gasteiger partial charge in [0.15, 0.2) is 5.12 Å². The van der Waals surface area contributed by atoms with Gasteiger partial charge in [0.05, 0.1) is 0 Å². The Balaban J connectivity index is 2.05. The van der Waals surface area contributed by atoms with Crippen molar-refractivity contribution in [1.82, 2.24) is 20.0 Å². The van der Waals surface area contributed by atoms with Crippen LogP contribution in [0.1, 0.15) is 33.3 Å². The van der Waals surface area contributed by atoms with Crippen LogP contribution >= 0.6 is 11.8 Å². The summed E-state index contributed by atoms with van der Waals surface area (Å²) < 4.78 is 0. The molecule has 2 rings (SSSR count). The molecular weight excluding hydrogens is 424 g/mol. The zero-order valence-electron chi connectivity index (χ0n) is 20.0. The van der Waals surface area contributed by atoms with Crippen LogP contribution in [0.15, 0.2) is 30.3 Å². The molecule has 1 aromatic rings. The highest BCUT2D eigenvalue weighted by Gasteiger charge is 2.28. The molecule has 1 fully saturated rings. The first-order valence-corrected chi connectivity index (χ1v) is 12.3. The maximum Gasteiger partial charge on any atom is 0.318 e. The Hall–Kier alpha value is -2.06. The molecule has 1 aromatic carbocycles. The van der Waals surface area contributed by atoms with E-state index in [1.165, 1.54) is 11.8 Å². The zero-order chi connectivity index (χ0) is 23.7. The number of hydrogen-bond donors (Lipinski definition) is 1. The Kier molecular flexibility index (Phi) is 10.5.